The van der Waals surface area contributed by atoms with Crippen molar-refractivity contribution in [3.63, 3.8) is 0 Å². The van der Waals surface area contributed by atoms with Gasteiger partial charge in [0, 0.05) is 12.5 Å². The number of carboxylic acids is 1. The van der Waals surface area contributed by atoms with Crippen LogP contribution in [-0.2, 0) is 14.3 Å². The lowest BCUT2D eigenvalue weighted by atomic mass is 9.98. The number of anilines is 1. The lowest BCUT2D eigenvalue weighted by Gasteiger charge is -2.14. The van der Waals surface area contributed by atoms with Crippen LogP contribution < -0.4 is 10.6 Å². The molecule has 1 aliphatic rings. The third-order valence-corrected chi connectivity index (χ3v) is 5.34. The summed E-state index contributed by atoms with van der Waals surface area (Å²) in [5, 5.41) is 13.7. The minimum Gasteiger partial charge on any atom is -0.480 e. The number of rotatable bonds is 9. The monoisotopic (exact) mass is 461 g/mol. The number of hydrogen-bond acceptors (Lipinski definition) is 6. The van der Waals surface area contributed by atoms with Gasteiger partial charge in [-0.25, -0.2) is 14.6 Å². The highest BCUT2D eigenvalue weighted by atomic mass is 16.5. The van der Waals surface area contributed by atoms with E-state index in [1.54, 1.807) is 6.07 Å². The van der Waals surface area contributed by atoms with E-state index in [4.69, 9.17) is 14.6 Å². The van der Waals surface area contributed by atoms with Gasteiger partial charge in [-0.05, 0) is 34.4 Å². The first kappa shape index (κ1) is 22.9. The largest absolute Gasteiger partial charge is 0.480 e. The van der Waals surface area contributed by atoms with Crippen molar-refractivity contribution in [2.45, 2.75) is 5.92 Å². The van der Waals surface area contributed by atoms with E-state index in [1.807, 2.05) is 36.4 Å². The van der Waals surface area contributed by atoms with Crippen LogP contribution in [0.3, 0.4) is 0 Å². The fourth-order valence-corrected chi connectivity index (χ4v) is 3.84. The molecule has 2 aromatic carbocycles. The molecule has 2 amide bonds. The predicted molar refractivity (Wildman–Crippen MR) is 124 cm³/mol. The van der Waals surface area contributed by atoms with Gasteiger partial charge in [-0.1, -0.05) is 48.5 Å². The second-order valence-corrected chi connectivity index (χ2v) is 7.58. The van der Waals surface area contributed by atoms with Gasteiger partial charge in [-0.3, -0.25) is 10.1 Å². The fraction of sp³-hybridized carbons (Fsp3) is 0.200. The highest BCUT2D eigenvalue weighted by molar-refractivity contribution is 5.93. The molecule has 0 radical (unpaired) electrons. The van der Waals surface area contributed by atoms with E-state index in [-0.39, 0.29) is 31.4 Å². The third-order valence-electron chi connectivity index (χ3n) is 5.34. The van der Waals surface area contributed by atoms with Crippen molar-refractivity contribution in [3.05, 3.63) is 83.7 Å². The van der Waals surface area contributed by atoms with Crippen LogP contribution in [0, 0.1) is 0 Å². The molecule has 0 saturated heterocycles. The average molecular weight is 461 g/mol. The summed E-state index contributed by atoms with van der Waals surface area (Å²) in [7, 11) is 0. The fourth-order valence-electron chi connectivity index (χ4n) is 3.84. The second kappa shape index (κ2) is 10.6. The standard InChI is InChI=1S/C25H23N3O6/c29-23(30)15-33-12-11-26-24(31)22-10-9-16(13-27-22)28-25(32)34-14-21-19-7-3-1-5-17(19)18-6-2-4-8-20(18)21/h1-10,13,21H,11-12,14-15H2,(H,26,31)(H,28,32)(H,29,30). The van der Waals surface area contributed by atoms with Crippen LogP contribution >= 0.6 is 0 Å². The topological polar surface area (TPSA) is 127 Å². The number of nitrogens with zero attached hydrogens (tertiary/aromatic N) is 1. The summed E-state index contributed by atoms with van der Waals surface area (Å²) in [6, 6.07) is 19.2. The maximum absolute atomic E-state index is 12.4. The van der Waals surface area contributed by atoms with Gasteiger partial charge in [0.1, 0.15) is 18.9 Å². The number of carboxylic acid groups (broad SMARTS) is 1. The van der Waals surface area contributed by atoms with Crippen molar-refractivity contribution < 1.29 is 29.0 Å². The van der Waals surface area contributed by atoms with Gasteiger partial charge in [-0.2, -0.15) is 0 Å². The van der Waals surface area contributed by atoms with Crippen molar-refractivity contribution in [1.82, 2.24) is 10.3 Å². The summed E-state index contributed by atoms with van der Waals surface area (Å²) in [5.74, 6) is -1.55. The molecule has 0 fully saturated rings. The molecule has 1 aliphatic carbocycles. The first-order valence-electron chi connectivity index (χ1n) is 10.7. The Labute approximate surface area is 195 Å². The number of benzene rings is 2. The molecule has 0 spiro atoms. The zero-order valence-electron chi connectivity index (χ0n) is 18.2. The number of fused-ring (bicyclic) bond motifs is 3. The Morgan fingerprint density at radius 1 is 0.941 bits per heavy atom. The smallest absolute Gasteiger partial charge is 0.411 e. The number of carbonyl (C=O) groups excluding carboxylic acids is 2. The first-order valence-corrected chi connectivity index (χ1v) is 10.7. The number of amides is 2. The van der Waals surface area contributed by atoms with Crippen LogP contribution in [0.5, 0.6) is 0 Å². The molecule has 3 aromatic rings. The number of hydrogen-bond donors (Lipinski definition) is 3. The number of nitrogens with one attached hydrogen (secondary N) is 2. The quantitative estimate of drug-likeness (QED) is 0.417. The van der Waals surface area contributed by atoms with E-state index >= 15 is 0 Å². The molecule has 0 bridgehead atoms. The van der Waals surface area contributed by atoms with Crippen molar-refractivity contribution in [1.29, 1.82) is 0 Å². The Morgan fingerprint density at radius 3 is 2.24 bits per heavy atom. The second-order valence-electron chi connectivity index (χ2n) is 7.58. The summed E-state index contributed by atoms with van der Waals surface area (Å²) >= 11 is 0. The molecular weight excluding hydrogens is 438 g/mol. The third kappa shape index (κ3) is 5.38. The number of aliphatic carboxylic acids is 1. The van der Waals surface area contributed by atoms with Gasteiger partial charge in [0.2, 0.25) is 0 Å². The van der Waals surface area contributed by atoms with E-state index < -0.39 is 24.6 Å². The molecule has 34 heavy (non-hydrogen) atoms. The van der Waals surface area contributed by atoms with Crippen LogP contribution in [0.15, 0.2) is 66.9 Å². The van der Waals surface area contributed by atoms with Crippen LogP contribution in [0.25, 0.3) is 11.1 Å². The maximum Gasteiger partial charge on any atom is 0.411 e. The Hall–Kier alpha value is -4.24. The van der Waals surface area contributed by atoms with Gasteiger partial charge in [0.15, 0.2) is 0 Å². The van der Waals surface area contributed by atoms with Gasteiger partial charge < -0.3 is 19.9 Å². The average Bonchev–Trinajstić information content (AvgIpc) is 3.16. The highest BCUT2D eigenvalue weighted by Gasteiger charge is 2.29. The molecule has 9 nitrogen and oxygen atoms in total. The predicted octanol–water partition coefficient (Wildman–Crippen LogP) is 3.27. The van der Waals surface area contributed by atoms with Gasteiger partial charge >= 0.3 is 12.1 Å². The molecule has 0 atom stereocenters. The minimum atomic E-state index is -1.08. The van der Waals surface area contributed by atoms with Crippen LogP contribution in [0.1, 0.15) is 27.5 Å². The Kier molecular flexibility index (Phi) is 7.14. The molecule has 3 N–H and O–H groups in total. The van der Waals surface area contributed by atoms with Crippen molar-refractivity contribution in [2.75, 3.05) is 31.7 Å². The lowest BCUT2D eigenvalue weighted by molar-refractivity contribution is -0.142. The van der Waals surface area contributed by atoms with E-state index in [2.05, 4.69) is 27.8 Å². The van der Waals surface area contributed by atoms with E-state index in [0.717, 1.165) is 22.3 Å². The lowest BCUT2D eigenvalue weighted by Crippen LogP contribution is -2.28. The summed E-state index contributed by atoms with van der Waals surface area (Å²) in [5.41, 5.74) is 5.09. The van der Waals surface area contributed by atoms with Crippen LogP contribution in [0.4, 0.5) is 10.5 Å². The van der Waals surface area contributed by atoms with E-state index in [9.17, 15) is 14.4 Å². The minimum absolute atomic E-state index is 0.0400. The summed E-state index contributed by atoms with van der Waals surface area (Å²) in [6.45, 7) is -0.0188. The Morgan fingerprint density at radius 2 is 1.62 bits per heavy atom. The van der Waals surface area contributed by atoms with Crippen molar-refractivity contribution >= 4 is 23.7 Å². The molecule has 0 unspecified atom stereocenters. The normalized spacial score (nSPS) is 11.9. The van der Waals surface area contributed by atoms with Gasteiger partial charge in [0.05, 0.1) is 18.5 Å². The SMILES string of the molecule is O=C(O)COCCNC(=O)c1ccc(NC(=O)OCC2c3ccccc3-c3ccccc32)cn1. The summed E-state index contributed by atoms with van der Waals surface area (Å²) in [6.07, 6.45) is 0.744. The molecule has 174 valence electrons. The Balaban J connectivity index is 1.28. The number of pyridine rings is 1. The van der Waals surface area contributed by atoms with E-state index in [1.165, 1.54) is 12.3 Å². The Bertz CT molecular complexity index is 1150. The molecule has 1 heterocycles. The van der Waals surface area contributed by atoms with Crippen LogP contribution in [-0.4, -0.2) is 54.4 Å². The van der Waals surface area contributed by atoms with Gasteiger partial charge in [-0.15, -0.1) is 0 Å². The zero-order valence-corrected chi connectivity index (χ0v) is 18.2. The molecule has 0 aliphatic heterocycles. The first-order chi connectivity index (χ1) is 16.5. The van der Waals surface area contributed by atoms with Crippen LogP contribution in [0.2, 0.25) is 0 Å². The summed E-state index contributed by atoms with van der Waals surface area (Å²) < 4.78 is 10.3. The molecule has 9 heteroatoms. The van der Waals surface area contributed by atoms with Crippen molar-refractivity contribution in [3.8, 4) is 11.1 Å². The number of carbonyl (C=O) groups is 3. The van der Waals surface area contributed by atoms with Gasteiger partial charge in [0.25, 0.3) is 5.91 Å². The highest BCUT2D eigenvalue weighted by Crippen LogP contribution is 2.44. The molecule has 4 rings (SSSR count). The molecule has 0 saturated carbocycles. The van der Waals surface area contributed by atoms with Crippen molar-refractivity contribution in [2.24, 2.45) is 0 Å². The van der Waals surface area contributed by atoms with E-state index in [0.29, 0.717) is 5.69 Å². The number of ether oxygens (including phenoxy) is 2. The summed E-state index contributed by atoms with van der Waals surface area (Å²) in [4.78, 5) is 38.8. The number of aromatic nitrogens is 1. The maximum atomic E-state index is 12.4. The zero-order chi connectivity index (χ0) is 23.9. The molecular formula is C25H23N3O6. The molecule has 1 aromatic heterocycles.